The normalized spacial score (nSPS) is 12.4. The summed E-state index contributed by atoms with van der Waals surface area (Å²) in [6.45, 7) is 2.10. The van der Waals surface area contributed by atoms with E-state index in [2.05, 4.69) is 34.0 Å². The summed E-state index contributed by atoms with van der Waals surface area (Å²) in [5, 5.41) is 9.01. The van der Waals surface area contributed by atoms with Crippen molar-refractivity contribution < 1.29 is 9.90 Å². The van der Waals surface area contributed by atoms with E-state index in [0.717, 1.165) is 12.2 Å². The first-order valence-electron chi connectivity index (χ1n) is 6.83. The molecule has 0 amide bonds. The van der Waals surface area contributed by atoms with Crippen molar-refractivity contribution in [2.75, 3.05) is 0 Å². The molecule has 106 valence electrons. The summed E-state index contributed by atoms with van der Waals surface area (Å²) in [7, 11) is 0. The minimum atomic E-state index is -0.990. The number of pyridine rings is 1. The third kappa shape index (κ3) is 2.50. The number of rotatable bonds is 4. The third-order valence-corrected chi connectivity index (χ3v) is 3.54. The molecule has 1 unspecified atom stereocenters. The smallest absolute Gasteiger partial charge is 0.337 e. The van der Waals surface area contributed by atoms with Crippen molar-refractivity contribution in [2.24, 2.45) is 0 Å². The summed E-state index contributed by atoms with van der Waals surface area (Å²) in [6.07, 6.45) is 2.23. The van der Waals surface area contributed by atoms with Gasteiger partial charge in [0, 0.05) is 12.1 Å². The van der Waals surface area contributed by atoms with Gasteiger partial charge in [-0.1, -0.05) is 37.3 Å². The molecule has 0 aliphatic rings. The Morgan fingerprint density at radius 1 is 1.33 bits per heavy atom. The molecule has 5 heteroatoms. The number of hydrogen-bond acceptors (Lipinski definition) is 3. The molecule has 0 saturated heterocycles. The van der Waals surface area contributed by atoms with Gasteiger partial charge in [0.1, 0.15) is 5.82 Å². The highest BCUT2D eigenvalue weighted by Gasteiger charge is 2.17. The first-order chi connectivity index (χ1) is 10.2. The highest BCUT2D eigenvalue weighted by Crippen LogP contribution is 2.27. The van der Waals surface area contributed by atoms with E-state index >= 15 is 0 Å². The van der Waals surface area contributed by atoms with Crippen LogP contribution in [-0.2, 0) is 0 Å². The van der Waals surface area contributed by atoms with Gasteiger partial charge < -0.3 is 10.1 Å². The van der Waals surface area contributed by atoms with Gasteiger partial charge in [-0.2, -0.15) is 0 Å². The molecule has 3 aromatic rings. The number of imidazole rings is 1. The topological polar surface area (TPSA) is 78.9 Å². The lowest BCUT2D eigenvalue weighted by Crippen LogP contribution is -2.01. The first kappa shape index (κ1) is 13.3. The molecular weight excluding hydrogens is 266 g/mol. The predicted molar refractivity (Wildman–Crippen MR) is 79.4 cm³/mol. The van der Waals surface area contributed by atoms with E-state index in [9.17, 15) is 4.79 Å². The Labute approximate surface area is 121 Å². The molecule has 0 bridgehead atoms. The maximum atomic E-state index is 11.0. The van der Waals surface area contributed by atoms with Gasteiger partial charge in [-0.05, 0) is 18.1 Å². The molecule has 5 nitrogen and oxygen atoms in total. The van der Waals surface area contributed by atoms with Crippen molar-refractivity contribution in [3.63, 3.8) is 0 Å². The van der Waals surface area contributed by atoms with Crippen LogP contribution >= 0.6 is 0 Å². The number of benzene rings is 1. The zero-order chi connectivity index (χ0) is 14.8. The van der Waals surface area contributed by atoms with Crippen molar-refractivity contribution in [3.05, 3.63) is 59.5 Å². The van der Waals surface area contributed by atoms with Gasteiger partial charge in [0.05, 0.1) is 11.1 Å². The van der Waals surface area contributed by atoms with Crippen LogP contribution in [0, 0.1) is 0 Å². The van der Waals surface area contributed by atoms with Gasteiger partial charge >= 0.3 is 5.97 Å². The van der Waals surface area contributed by atoms with Crippen LogP contribution in [0.1, 0.15) is 41.0 Å². The number of nitrogens with zero attached hydrogens (tertiary/aromatic N) is 2. The van der Waals surface area contributed by atoms with Gasteiger partial charge in [-0.15, -0.1) is 0 Å². The molecule has 1 atom stereocenters. The number of fused-ring (bicyclic) bond motifs is 1. The molecule has 0 fully saturated rings. The number of aromatic carboxylic acids is 1. The maximum absolute atomic E-state index is 11.0. The summed E-state index contributed by atoms with van der Waals surface area (Å²) in [4.78, 5) is 22.8. The van der Waals surface area contributed by atoms with E-state index in [-0.39, 0.29) is 11.5 Å². The number of H-pyrrole nitrogens is 1. The van der Waals surface area contributed by atoms with Crippen LogP contribution in [0.2, 0.25) is 0 Å². The second-order valence-electron chi connectivity index (χ2n) is 4.89. The quantitative estimate of drug-likeness (QED) is 0.769. The van der Waals surface area contributed by atoms with E-state index in [1.54, 1.807) is 6.07 Å². The van der Waals surface area contributed by atoms with Gasteiger partial charge in [0.15, 0.2) is 5.65 Å². The molecule has 21 heavy (non-hydrogen) atoms. The number of carboxylic acid groups (broad SMARTS) is 1. The van der Waals surface area contributed by atoms with Crippen molar-refractivity contribution in [1.29, 1.82) is 0 Å². The van der Waals surface area contributed by atoms with Gasteiger partial charge in [0.2, 0.25) is 0 Å². The molecular formula is C16H15N3O2. The second-order valence-corrected chi connectivity index (χ2v) is 4.89. The molecule has 0 spiro atoms. The van der Waals surface area contributed by atoms with Crippen LogP contribution in [0.3, 0.4) is 0 Å². The van der Waals surface area contributed by atoms with Crippen molar-refractivity contribution in [2.45, 2.75) is 19.3 Å². The lowest BCUT2D eigenvalue weighted by atomic mass is 9.96. The average Bonchev–Trinajstić information content (AvgIpc) is 2.91. The van der Waals surface area contributed by atoms with E-state index in [1.807, 2.05) is 18.2 Å². The lowest BCUT2D eigenvalue weighted by molar-refractivity contribution is 0.0696. The minimum absolute atomic E-state index is 0.147. The zero-order valence-electron chi connectivity index (χ0n) is 11.6. The number of carboxylic acids is 1. The van der Waals surface area contributed by atoms with E-state index in [1.165, 1.54) is 11.8 Å². The first-order valence-corrected chi connectivity index (χ1v) is 6.83. The highest BCUT2D eigenvalue weighted by atomic mass is 16.4. The second kappa shape index (κ2) is 5.36. The standard InChI is InChI=1S/C16H15N3O2/c1-2-12(10-6-4-3-5-7-10)14-18-13-8-11(16(20)21)9-17-15(13)19-14/h3-9,12H,2H2,1H3,(H,20,21)(H,17,18,19). The Morgan fingerprint density at radius 2 is 2.10 bits per heavy atom. The Balaban J connectivity index is 2.05. The van der Waals surface area contributed by atoms with Crippen molar-refractivity contribution >= 4 is 17.1 Å². The minimum Gasteiger partial charge on any atom is -0.478 e. The third-order valence-electron chi connectivity index (χ3n) is 3.54. The molecule has 2 aromatic heterocycles. The monoisotopic (exact) mass is 281 g/mol. The van der Waals surface area contributed by atoms with Crippen molar-refractivity contribution in [3.8, 4) is 0 Å². The summed E-state index contributed by atoms with van der Waals surface area (Å²) < 4.78 is 0. The average molecular weight is 281 g/mol. The van der Waals surface area contributed by atoms with Gasteiger partial charge in [0.25, 0.3) is 0 Å². The molecule has 1 aromatic carbocycles. The molecule has 0 aliphatic carbocycles. The molecule has 0 radical (unpaired) electrons. The Hall–Kier alpha value is -2.69. The summed E-state index contributed by atoms with van der Waals surface area (Å²) in [5.41, 5.74) is 2.53. The van der Waals surface area contributed by atoms with Gasteiger partial charge in [-0.25, -0.2) is 14.8 Å². The number of aromatic nitrogens is 3. The summed E-state index contributed by atoms with van der Waals surface area (Å²) in [5.74, 6) is -0.0296. The lowest BCUT2D eigenvalue weighted by Gasteiger charge is -2.11. The van der Waals surface area contributed by atoms with Crippen LogP contribution in [0.15, 0.2) is 42.6 Å². The highest BCUT2D eigenvalue weighted by molar-refractivity contribution is 5.90. The Bertz CT molecular complexity index is 781. The molecule has 0 aliphatic heterocycles. The fourth-order valence-electron chi connectivity index (χ4n) is 2.47. The molecule has 2 N–H and O–H groups in total. The number of aromatic amines is 1. The summed E-state index contributed by atoms with van der Waals surface area (Å²) >= 11 is 0. The number of nitrogens with one attached hydrogen (secondary N) is 1. The SMILES string of the molecule is CCC(c1ccccc1)c1nc2ncc(C(=O)O)cc2[nH]1. The van der Waals surface area contributed by atoms with Crippen LogP contribution in [0.5, 0.6) is 0 Å². The van der Waals surface area contributed by atoms with Gasteiger partial charge in [-0.3, -0.25) is 0 Å². The largest absolute Gasteiger partial charge is 0.478 e. The summed E-state index contributed by atoms with van der Waals surface area (Å²) in [6, 6.07) is 11.7. The fourth-order valence-corrected chi connectivity index (χ4v) is 2.47. The van der Waals surface area contributed by atoms with Crippen LogP contribution in [0.25, 0.3) is 11.2 Å². The van der Waals surface area contributed by atoms with E-state index < -0.39 is 5.97 Å². The Morgan fingerprint density at radius 3 is 2.76 bits per heavy atom. The zero-order valence-corrected chi connectivity index (χ0v) is 11.6. The predicted octanol–water partition coefficient (Wildman–Crippen LogP) is 3.20. The van der Waals surface area contributed by atoms with Crippen LogP contribution < -0.4 is 0 Å². The van der Waals surface area contributed by atoms with Crippen LogP contribution in [-0.4, -0.2) is 26.0 Å². The number of hydrogen-bond donors (Lipinski definition) is 2. The van der Waals surface area contributed by atoms with Crippen LogP contribution in [0.4, 0.5) is 0 Å². The molecule has 0 saturated carbocycles. The van der Waals surface area contributed by atoms with Crippen molar-refractivity contribution in [1.82, 2.24) is 15.0 Å². The fraction of sp³-hybridized carbons (Fsp3) is 0.188. The number of carbonyl (C=O) groups is 1. The Kier molecular flexibility index (Phi) is 3.39. The molecule has 2 heterocycles. The molecule has 3 rings (SSSR count). The van der Waals surface area contributed by atoms with E-state index in [4.69, 9.17) is 5.11 Å². The maximum Gasteiger partial charge on any atom is 0.337 e. The van der Waals surface area contributed by atoms with E-state index in [0.29, 0.717) is 11.2 Å².